The number of hydrogen-bond donors (Lipinski definition) is 0. The maximum Gasteiger partial charge on any atom is 0.270 e. The fraction of sp³-hybridized carbons (Fsp3) is 0.0714. The molecule has 0 bridgehead atoms. The molecule has 0 amide bonds. The Balaban J connectivity index is 1.74. The molecule has 116 valence electrons. The van der Waals surface area contributed by atoms with Crippen LogP contribution >= 0.6 is 23.1 Å². The van der Waals surface area contributed by atoms with Gasteiger partial charge in [0.2, 0.25) is 0 Å². The predicted molar refractivity (Wildman–Crippen MR) is 88.9 cm³/mol. The van der Waals surface area contributed by atoms with Gasteiger partial charge in [-0.1, -0.05) is 23.9 Å². The molecule has 3 aromatic rings. The molecule has 0 unspecified atom stereocenters. The third kappa shape index (κ3) is 3.46. The van der Waals surface area contributed by atoms with Crippen LogP contribution in [0.5, 0.6) is 0 Å². The first-order chi connectivity index (χ1) is 11.0. The van der Waals surface area contributed by atoms with Crippen LogP contribution in [-0.4, -0.2) is 14.8 Å². The van der Waals surface area contributed by atoms with Crippen molar-refractivity contribution in [3.63, 3.8) is 0 Å². The fourth-order valence-corrected chi connectivity index (χ4v) is 3.98. The van der Waals surface area contributed by atoms with Gasteiger partial charge < -0.3 is 0 Å². The molecule has 0 N–H and O–H groups in total. The Labute approximate surface area is 138 Å². The summed E-state index contributed by atoms with van der Waals surface area (Å²) >= 11 is 2.89. The number of thioether (sulfide) groups is 1. The second kappa shape index (κ2) is 6.31. The lowest BCUT2D eigenvalue weighted by molar-refractivity contribution is -0.385. The summed E-state index contributed by atoms with van der Waals surface area (Å²) in [5, 5.41) is 21.4. The van der Waals surface area contributed by atoms with E-state index in [4.69, 9.17) is 0 Å². The number of nitro benzene ring substituents is 2. The van der Waals surface area contributed by atoms with Crippen molar-refractivity contribution >= 4 is 44.7 Å². The highest BCUT2D eigenvalue weighted by Crippen LogP contribution is 2.33. The van der Waals surface area contributed by atoms with E-state index in [1.807, 2.05) is 0 Å². The molecule has 0 saturated heterocycles. The van der Waals surface area contributed by atoms with Gasteiger partial charge >= 0.3 is 0 Å². The van der Waals surface area contributed by atoms with Crippen LogP contribution in [0.15, 0.2) is 46.8 Å². The lowest BCUT2D eigenvalue weighted by Crippen LogP contribution is -1.88. The monoisotopic (exact) mass is 347 g/mol. The van der Waals surface area contributed by atoms with Crippen LogP contribution in [0.3, 0.4) is 0 Å². The van der Waals surface area contributed by atoms with Crippen LogP contribution in [0.4, 0.5) is 11.4 Å². The van der Waals surface area contributed by atoms with Crippen molar-refractivity contribution < 1.29 is 9.85 Å². The fourth-order valence-electron chi connectivity index (χ4n) is 1.93. The van der Waals surface area contributed by atoms with Crippen molar-refractivity contribution in [1.82, 2.24) is 4.98 Å². The number of aromatic nitrogens is 1. The zero-order valence-electron chi connectivity index (χ0n) is 11.5. The molecule has 0 radical (unpaired) electrons. The minimum atomic E-state index is -0.433. The SMILES string of the molecule is O=[N+]([O-])c1ccc(CSc2nc3ccc([N+](=O)[O-])cc3s2)cc1. The minimum absolute atomic E-state index is 0.0491. The van der Waals surface area contributed by atoms with Crippen LogP contribution in [0.1, 0.15) is 5.56 Å². The summed E-state index contributed by atoms with van der Waals surface area (Å²) in [5.74, 6) is 0.625. The van der Waals surface area contributed by atoms with Crippen molar-refractivity contribution in [3.8, 4) is 0 Å². The first-order valence-corrected chi connectivity index (χ1v) is 8.24. The molecule has 0 aliphatic rings. The van der Waals surface area contributed by atoms with E-state index in [1.165, 1.54) is 47.4 Å². The molecule has 23 heavy (non-hydrogen) atoms. The van der Waals surface area contributed by atoms with E-state index in [2.05, 4.69) is 4.98 Å². The van der Waals surface area contributed by atoms with Crippen molar-refractivity contribution in [2.24, 2.45) is 0 Å². The summed E-state index contributed by atoms with van der Waals surface area (Å²) in [5.41, 5.74) is 1.79. The van der Waals surface area contributed by atoms with Gasteiger partial charge in [-0.15, -0.1) is 11.3 Å². The molecule has 0 aliphatic carbocycles. The average molecular weight is 347 g/mol. The second-order valence-corrected chi connectivity index (χ2v) is 6.85. The van der Waals surface area contributed by atoms with E-state index >= 15 is 0 Å². The molecule has 0 fully saturated rings. The number of nitro groups is 2. The van der Waals surface area contributed by atoms with E-state index < -0.39 is 9.85 Å². The van der Waals surface area contributed by atoms with Crippen LogP contribution < -0.4 is 0 Å². The zero-order valence-corrected chi connectivity index (χ0v) is 13.2. The first kappa shape index (κ1) is 15.4. The average Bonchev–Trinajstić information content (AvgIpc) is 2.95. The quantitative estimate of drug-likeness (QED) is 0.385. The van der Waals surface area contributed by atoms with Gasteiger partial charge in [0.25, 0.3) is 11.4 Å². The molecule has 3 rings (SSSR count). The smallest absolute Gasteiger partial charge is 0.258 e. The van der Waals surface area contributed by atoms with Gasteiger partial charge in [0, 0.05) is 30.0 Å². The number of nitrogens with zero attached hydrogens (tertiary/aromatic N) is 3. The summed E-state index contributed by atoms with van der Waals surface area (Å²) in [6.45, 7) is 0. The summed E-state index contributed by atoms with van der Waals surface area (Å²) in [6.07, 6.45) is 0. The highest BCUT2D eigenvalue weighted by Gasteiger charge is 2.11. The standard InChI is InChI=1S/C14H9N3O4S2/c18-16(19)10-3-1-9(2-4-10)8-22-14-15-12-6-5-11(17(20)21)7-13(12)23-14/h1-7H,8H2. The van der Waals surface area contributed by atoms with E-state index in [0.717, 1.165) is 20.1 Å². The number of thiazole rings is 1. The second-order valence-electron chi connectivity index (χ2n) is 4.60. The molecule has 2 aromatic carbocycles. The summed E-state index contributed by atoms with van der Waals surface area (Å²) in [6, 6.07) is 11.0. The van der Waals surface area contributed by atoms with Crippen LogP contribution in [0.25, 0.3) is 10.2 Å². The lowest BCUT2D eigenvalue weighted by atomic mass is 10.2. The topological polar surface area (TPSA) is 99.2 Å². The highest BCUT2D eigenvalue weighted by atomic mass is 32.2. The zero-order chi connectivity index (χ0) is 16.4. The summed E-state index contributed by atoms with van der Waals surface area (Å²) < 4.78 is 1.57. The third-order valence-corrected chi connectivity index (χ3v) is 5.30. The van der Waals surface area contributed by atoms with Crippen molar-refractivity contribution in [3.05, 3.63) is 68.3 Å². The number of rotatable bonds is 5. The van der Waals surface area contributed by atoms with Crippen molar-refractivity contribution in [2.45, 2.75) is 10.1 Å². The maximum absolute atomic E-state index is 10.8. The Kier molecular flexibility index (Phi) is 4.22. The Bertz CT molecular complexity index is 893. The van der Waals surface area contributed by atoms with Gasteiger partial charge in [-0.2, -0.15) is 0 Å². The van der Waals surface area contributed by atoms with Crippen molar-refractivity contribution in [1.29, 1.82) is 0 Å². The minimum Gasteiger partial charge on any atom is -0.258 e. The van der Waals surface area contributed by atoms with Gasteiger partial charge in [0.1, 0.15) is 0 Å². The molecule has 9 heteroatoms. The summed E-state index contributed by atoms with van der Waals surface area (Å²) in [7, 11) is 0. The van der Waals surface area contributed by atoms with E-state index in [0.29, 0.717) is 5.75 Å². The molecule has 0 atom stereocenters. The molecule has 1 heterocycles. The van der Waals surface area contributed by atoms with Gasteiger partial charge in [-0.25, -0.2) is 4.98 Å². The van der Waals surface area contributed by atoms with Gasteiger partial charge in [0.05, 0.1) is 20.1 Å². The van der Waals surface area contributed by atoms with Gasteiger partial charge in [0.15, 0.2) is 4.34 Å². The van der Waals surface area contributed by atoms with Gasteiger partial charge in [-0.05, 0) is 11.6 Å². The van der Waals surface area contributed by atoms with Crippen LogP contribution in [0, 0.1) is 20.2 Å². The Morgan fingerprint density at radius 2 is 1.65 bits per heavy atom. The molecular weight excluding hydrogens is 338 g/mol. The third-order valence-electron chi connectivity index (χ3n) is 3.07. The first-order valence-electron chi connectivity index (χ1n) is 6.44. The maximum atomic E-state index is 10.8. The predicted octanol–water partition coefficient (Wildman–Crippen LogP) is 4.41. The lowest BCUT2D eigenvalue weighted by Gasteiger charge is -1.98. The highest BCUT2D eigenvalue weighted by molar-refractivity contribution is 8.00. The number of fused-ring (bicyclic) bond motifs is 1. The Morgan fingerprint density at radius 1 is 1.00 bits per heavy atom. The van der Waals surface area contributed by atoms with Crippen LogP contribution in [0.2, 0.25) is 0 Å². The molecular formula is C14H9N3O4S2. The molecule has 0 saturated carbocycles. The molecule has 0 aliphatic heterocycles. The van der Waals surface area contributed by atoms with E-state index in [9.17, 15) is 20.2 Å². The number of hydrogen-bond acceptors (Lipinski definition) is 7. The Morgan fingerprint density at radius 3 is 2.30 bits per heavy atom. The van der Waals surface area contributed by atoms with Crippen molar-refractivity contribution in [2.75, 3.05) is 0 Å². The van der Waals surface area contributed by atoms with E-state index in [1.54, 1.807) is 18.2 Å². The van der Waals surface area contributed by atoms with E-state index in [-0.39, 0.29) is 11.4 Å². The molecule has 7 nitrogen and oxygen atoms in total. The normalized spacial score (nSPS) is 10.8. The molecule has 0 spiro atoms. The van der Waals surface area contributed by atoms with Crippen LogP contribution in [-0.2, 0) is 5.75 Å². The number of non-ortho nitro benzene ring substituents is 2. The largest absolute Gasteiger partial charge is 0.270 e. The Hall–Kier alpha value is -2.52. The molecule has 1 aromatic heterocycles. The summed E-state index contributed by atoms with van der Waals surface area (Å²) in [4.78, 5) is 24.9. The number of benzene rings is 2. The van der Waals surface area contributed by atoms with Gasteiger partial charge in [-0.3, -0.25) is 20.2 Å².